The third-order valence-electron chi connectivity index (χ3n) is 7.67. The second-order valence-corrected chi connectivity index (χ2v) is 10.4. The Hall–Kier alpha value is -3.78. The minimum atomic E-state index is -1.48. The van der Waals surface area contributed by atoms with Crippen LogP contribution in [0.5, 0.6) is 5.75 Å². The number of ketones is 1. The molecule has 0 saturated carbocycles. The van der Waals surface area contributed by atoms with E-state index in [9.17, 15) is 14.7 Å². The Labute approximate surface area is 225 Å². The number of pyridine rings is 1. The number of fused-ring (bicyclic) bond motifs is 2. The summed E-state index contributed by atoms with van der Waals surface area (Å²) in [6.45, 7) is 4.77. The van der Waals surface area contributed by atoms with Gasteiger partial charge in [0.1, 0.15) is 11.2 Å². The normalized spacial score (nSPS) is 20.7. The summed E-state index contributed by atoms with van der Waals surface area (Å²) in [6.07, 6.45) is 0. The zero-order chi connectivity index (χ0) is 26.4. The number of para-hydroxylation sites is 1. The molecule has 3 N–H and O–H groups in total. The predicted octanol–water partition coefficient (Wildman–Crippen LogP) is 4.68. The van der Waals surface area contributed by atoms with E-state index in [1.165, 1.54) is 12.1 Å². The highest BCUT2D eigenvalue weighted by Gasteiger charge is 2.49. The number of phenolic OH excluding ortho intramolecular Hbond substituents is 1. The molecular weight excluding hydrogens is 500 g/mol. The fourth-order valence-corrected chi connectivity index (χ4v) is 5.80. The van der Waals surface area contributed by atoms with Crippen LogP contribution in [0.15, 0.2) is 72.8 Å². The van der Waals surface area contributed by atoms with Crippen molar-refractivity contribution >= 4 is 39.9 Å². The van der Waals surface area contributed by atoms with Crippen LogP contribution in [0.4, 0.5) is 5.69 Å². The molecule has 0 spiro atoms. The third kappa shape index (κ3) is 4.04. The molecule has 0 radical (unpaired) electrons. The van der Waals surface area contributed by atoms with Gasteiger partial charge in [0, 0.05) is 42.2 Å². The highest BCUT2D eigenvalue weighted by atomic mass is 35.5. The van der Waals surface area contributed by atoms with Gasteiger partial charge in [0.15, 0.2) is 5.78 Å². The summed E-state index contributed by atoms with van der Waals surface area (Å²) in [5, 5.41) is 17.6. The maximum absolute atomic E-state index is 14.4. The summed E-state index contributed by atoms with van der Waals surface area (Å²) in [5.74, 6) is -0.680. The first-order valence-electron chi connectivity index (χ1n) is 12.7. The van der Waals surface area contributed by atoms with Crippen LogP contribution in [0.25, 0.3) is 10.9 Å². The number of anilines is 1. The highest BCUT2D eigenvalue weighted by Crippen LogP contribution is 2.43. The molecule has 2 atom stereocenters. The lowest BCUT2D eigenvalue weighted by Gasteiger charge is -2.39. The average molecular weight is 527 g/mol. The number of carbonyl (C=O) groups is 2. The van der Waals surface area contributed by atoms with E-state index in [0.29, 0.717) is 27.4 Å². The van der Waals surface area contributed by atoms with E-state index in [-0.39, 0.29) is 17.6 Å². The molecule has 2 aliphatic rings. The van der Waals surface area contributed by atoms with Gasteiger partial charge in [0.2, 0.25) is 5.91 Å². The van der Waals surface area contributed by atoms with Crippen molar-refractivity contribution in [1.82, 2.24) is 15.2 Å². The van der Waals surface area contributed by atoms with Crippen molar-refractivity contribution < 1.29 is 14.7 Å². The topological polar surface area (TPSA) is 94.6 Å². The number of piperazine rings is 1. The lowest BCUT2D eigenvalue weighted by molar-refractivity contribution is -0.119. The van der Waals surface area contributed by atoms with Crippen molar-refractivity contribution in [2.24, 2.45) is 0 Å². The Morgan fingerprint density at radius 3 is 2.50 bits per heavy atom. The number of aromatic nitrogens is 1. The summed E-state index contributed by atoms with van der Waals surface area (Å²) < 4.78 is 0. The number of Topliss-reactive ketones (excluding diaryl/α,β-unsaturated/α-hetero) is 1. The van der Waals surface area contributed by atoms with Gasteiger partial charge in [-0.25, -0.2) is 0 Å². The monoisotopic (exact) mass is 526 g/mol. The maximum Gasteiger partial charge on any atom is 0.242 e. The average Bonchev–Trinajstić information content (AvgIpc) is 2.92. The minimum Gasteiger partial charge on any atom is -0.508 e. The van der Waals surface area contributed by atoms with E-state index >= 15 is 0 Å². The second-order valence-electron chi connectivity index (χ2n) is 9.99. The number of aromatic hydroxyl groups is 1. The molecule has 38 heavy (non-hydrogen) atoms. The number of carbonyl (C=O) groups excluding carboxylic acids is 2. The zero-order valence-electron chi connectivity index (χ0n) is 20.9. The number of nitrogens with zero attached hydrogens (tertiary/aromatic N) is 2. The first kappa shape index (κ1) is 24.6. The number of hydrogen-bond acceptors (Lipinski definition) is 6. The highest BCUT2D eigenvalue weighted by molar-refractivity contribution is 6.33. The van der Waals surface area contributed by atoms with Crippen molar-refractivity contribution in [2.75, 3.05) is 31.5 Å². The smallest absolute Gasteiger partial charge is 0.242 e. The molecule has 0 aliphatic carbocycles. The van der Waals surface area contributed by atoms with Gasteiger partial charge in [0.05, 0.1) is 22.9 Å². The Kier molecular flexibility index (Phi) is 6.14. The Balaban J connectivity index is 1.56. The quantitative estimate of drug-likeness (QED) is 0.334. The number of benzene rings is 3. The maximum atomic E-state index is 14.4. The van der Waals surface area contributed by atoms with Gasteiger partial charge in [-0.2, -0.15) is 0 Å². The largest absolute Gasteiger partial charge is 0.508 e. The summed E-state index contributed by atoms with van der Waals surface area (Å²) in [4.78, 5) is 35.1. The van der Waals surface area contributed by atoms with Gasteiger partial charge >= 0.3 is 0 Å². The molecular formula is C30H27ClN4O3. The van der Waals surface area contributed by atoms with Gasteiger partial charge < -0.3 is 15.7 Å². The van der Waals surface area contributed by atoms with Crippen LogP contribution in [-0.4, -0.2) is 52.9 Å². The summed E-state index contributed by atoms with van der Waals surface area (Å²) in [6, 6.07) is 21.3. The SMILES string of the molecule is CC1(c2ccc(O)cc2)C(=O)Nc2cc(Cl)cc(C(c3ccc4ccccc4n3)N3CCNCC3)c2C1=O. The van der Waals surface area contributed by atoms with E-state index in [1.807, 2.05) is 42.5 Å². The molecule has 8 heteroatoms. The van der Waals surface area contributed by atoms with Crippen LogP contribution < -0.4 is 10.6 Å². The van der Waals surface area contributed by atoms with Crippen molar-refractivity contribution in [3.05, 3.63) is 100 Å². The Bertz CT molecular complexity index is 1570. The van der Waals surface area contributed by atoms with Crippen molar-refractivity contribution in [1.29, 1.82) is 0 Å². The molecule has 6 rings (SSSR count). The van der Waals surface area contributed by atoms with E-state index < -0.39 is 11.3 Å². The number of hydrogen-bond donors (Lipinski definition) is 3. The van der Waals surface area contributed by atoms with Crippen molar-refractivity contribution in [3.8, 4) is 5.75 Å². The van der Waals surface area contributed by atoms with Crippen LogP contribution >= 0.6 is 11.6 Å². The van der Waals surface area contributed by atoms with E-state index in [0.717, 1.165) is 42.8 Å². The standard InChI is InChI=1S/C30H27ClN4O3/c1-30(19-7-9-21(36)10-8-19)28(37)26-22(16-20(31)17-25(26)34-29(30)38)27(35-14-12-32-13-15-35)24-11-6-18-4-2-3-5-23(18)33-24/h2-11,16-17,27,32,36H,12-15H2,1H3,(H,34,38). The van der Waals surface area contributed by atoms with Crippen LogP contribution in [0.1, 0.15) is 40.1 Å². The first-order chi connectivity index (χ1) is 18.4. The van der Waals surface area contributed by atoms with Gasteiger partial charge in [-0.05, 0) is 54.4 Å². The number of rotatable bonds is 4. The molecule has 2 aliphatic heterocycles. The first-order valence-corrected chi connectivity index (χ1v) is 13.0. The van der Waals surface area contributed by atoms with E-state index in [4.69, 9.17) is 16.6 Å². The fraction of sp³-hybridized carbons (Fsp3) is 0.233. The summed E-state index contributed by atoms with van der Waals surface area (Å²) >= 11 is 6.61. The molecule has 1 fully saturated rings. The van der Waals surface area contributed by atoms with Crippen LogP contribution in [0.2, 0.25) is 5.02 Å². The molecule has 3 heterocycles. The third-order valence-corrected chi connectivity index (χ3v) is 7.89. The number of nitrogens with one attached hydrogen (secondary N) is 2. The fourth-order valence-electron chi connectivity index (χ4n) is 5.57. The number of halogens is 1. The van der Waals surface area contributed by atoms with Gasteiger partial charge in [-0.15, -0.1) is 0 Å². The molecule has 2 unspecified atom stereocenters. The Morgan fingerprint density at radius 2 is 1.74 bits per heavy atom. The van der Waals surface area contributed by atoms with Gasteiger partial charge in [-0.1, -0.05) is 48.0 Å². The van der Waals surface area contributed by atoms with Crippen molar-refractivity contribution in [2.45, 2.75) is 18.4 Å². The van der Waals surface area contributed by atoms with Crippen LogP contribution in [0, 0.1) is 0 Å². The second kappa shape index (κ2) is 9.51. The summed E-state index contributed by atoms with van der Waals surface area (Å²) in [7, 11) is 0. The summed E-state index contributed by atoms with van der Waals surface area (Å²) in [5.41, 5.74) is 2.26. The molecule has 4 aromatic rings. The lowest BCUT2D eigenvalue weighted by atomic mass is 9.71. The molecule has 1 saturated heterocycles. The van der Waals surface area contributed by atoms with E-state index in [1.54, 1.807) is 25.1 Å². The molecule has 7 nitrogen and oxygen atoms in total. The lowest BCUT2D eigenvalue weighted by Crippen LogP contribution is -2.50. The number of phenols is 1. The van der Waals surface area contributed by atoms with Crippen molar-refractivity contribution in [3.63, 3.8) is 0 Å². The predicted molar refractivity (Wildman–Crippen MR) is 148 cm³/mol. The molecule has 1 amide bonds. The van der Waals surface area contributed by atoms with Gasteiger partial charge in [-0.3, -0.25) is 19.5 Å². The minimum absolute atomic E-state index is 0.0649. The molecule has 1 aromatic heterocycles. The Morgan fingerprint density at radius 1 is 1.00 bits per heavy atom. The molecule has 192 valence electrons. The zero-order valence-corrected chi connectivity index (χ0v) is 21.6. The number of amides is 1. The van der Waals surface area contributed by atoms with Crippen LogP contribution in [0.3, 0.4) is 0 Å². The molecule has 3 aromatic carbocycles. The van der Waals surface area contributed by atoms with Gasteiger partial charge in [0.25, 0.3) is 0 Å². The van der Waals surface area contributed by atoms with E-state index in [2.05, 4.69) is 15.5 Å². The molecule has 0 bridgehead atoms. The van der Waals surface area contributed by atoms with Crippen LogP contribution in [-0.2, 0) is 10.2 Å².